The van der Waals surface area contributed by atoms with Crippen LogP contribution in [-0.2, 0) is 0 Å². The number of benzene rings is 2. The first-order chi connectivity index (χ1) is 9.97. The largest absolute Gasteiger partial charge is 0.478 e. The Balaban J connectivity index is 2.30. The number of carbonyl (C=O) groups is 1. The van der Waals surface area contributed by atoms with Crippen LogP contribution in [0.4, 0.5) is 4.39 Å². The van der Waals surface area contributed by atoms with Crippen LogP contribution in [-0.4, -0.2) is 20.6 Å². The Morgan fingerprint density at radius 2 is 2.00 bits per heavy atom. The molecule has 0 unspecified atom stereocenters. The van der Waals surface area contributed by atoms with Gasteiger partial charge in [0.2, 0.25) is 0 Å². The zero-order valence-electron chi connectivity index (χ0n) is 10.4. The van der Waals surface area contributed by atoms with Gasteiger partial charge in [0.15, 0.2) is 0 Å². The number of fused-ring (bicyclic) bond motifs is 1. The zero-order chi connectivity index (χ0) is 15.1. The molecule has 1 aromatic heterocycles. The fraction of sp³-hybridized carbons (Fsp3) is 0. The van der Waals surface area contributed by atoms with Gasteiger partial charge in [0.1, 0.15) is 5.82 Å². The van der Waals surface area contributed by atoms with Crippen LogP contribution >= 0.6 is 15.9 Å². The van der Waals surface area contributed by atoms with E-state index in [4.69, 9.17) is 5.11 Å². The topological polar surface area (TPSA) is 75.1 Å². The lowest BCUT2D eigenvalue weighted by Gasteiger charge is -2.06. The van der Waals surface area contributed by atoms with E-state index >= 15 is 0 Å². The number of aromatic amines is 1. The van der Waals surface area contributed by atoms with Gasteiger partial charge in [-0.2, -0.15) is 0 Å². The molecule has 2 N–H and O–H groups in total. The molecule has 21 heavy (non-hydrogen) atoms. The van der Waals surface area contributed by atoms with E-state index in [0.29, 0.717) is 21.2 Å². The zero-order valence-corrected chi connectivity index (χ0v) is 12.0. The molecule has 0 aliphatic carbocycles. The maximum absolute atomic E-state index is 13.2. The molecule has 0 bridgehead atoms. The number of hydrogen-bond donors (Lipinski definition) is 2. The van der Waals surface area contributed by atoms with E-state index < -0.39 is 17.5 Å². The van der Waals surface area contributed by atoms with Gasteiger partial charge in [-0.1, -0.05) is 0 Å². The molecule has 0 aliphatic rings. The molecular weight excluding hydrogens is 343 g/mol. The van der Waals surface area contributed by atoms with Gasteiger partial charge in [0.25, 0.3) is 0 Å². The van der Waals surface area contributed by atoms with Crippen LogP contribution in [0.1, 0.15) is 10.4 Å². The van der Waals surface area contributed by atoms with Crippen molar-refractivity contribution in [1.82, 2.24) is 9.55 Å². The van der Waals surface area contributed by atoms with E-state index in [1.165, 1.54) is 41.0 Å². The summed E-state index contributed by atoms with van der Waals surface area (Å²) in [6.07, 6.45) is 0. The van der Waals surface area contributed by atoms with Crippen LogP contribution in [0.3, 0.4) is 0 Å². The third kappa shape index (κ3) is 2.25. The van der Waals surface area contributed by atoms with Crippen LogP contribution in [0.25, 0.3) is 16.7 Å². The maximum Gasteiger partial charge on any atom is 0.335 e. The minimum absolute atomic E-state index is 0.0778. The van der Waals surface area contributed by atoms with Crippen LogP contribution in [0, 0.1) is 5.82 Å². The molecule has 0 spiro atoms. The quantitative estimate of drug-likeness (QED) is 0.746. The van der Waals surface area contributed by atoms with Crippen molar-refractivity contribution in [3.05, 3.63) is 62.7 Å². The summed E-state index contributed by atoms with van der Waals surface area (Å²) in [6.45, 7) is 0. The highest BCUT2D eigenvalue weighted by molar-refractivity contribution is 9.10. The molecule has 7 heteroatoms. The molecule has 0 amide bonds. The number of imidazole rings is 1. The Labute approximate surface area is 125 Å². The van der Waals surface area contributed by atoms with Gasteiger partial charge < -0.3 is 10.1 Å². The number of halogens is 2. The van der Waals surface area contributed by atoms with Crippen molar-refractivity contribution in [3.8, 4) is 5.69 Å². The first-order valence-corrected chi connectivity index (χ1v) is 6.70. The summed E-state index contributed by atoms with van der Waals surface area (Å²) in [5.74, 6) is -1.50. The lowest BCUT2D eigenvalue weighted by atomic mass is 10.2. The minimum Gasteiger partial charge on any atom is -0.478 e. The average Bonchev–Trinajstić information content (AvgIpc) is 2.74. The third-order valence-electron chi connectivity index (χ3n) is 3.08. The number of aromatic nitrogens is 2. The molecule has 2 aromatic carbocycles. The lowest BCUT2D eigenvalue weighted by Crippen LogP contribution is -2.15. The average molecular weight is 351 g/mol. The van der Waals surface area contributed by atoms with E-state index in [-0.39, 0.29) is 5.56 Å². The predicted molar refractivity (Wildman–Crippen MR) is 78.5 cm³/mol. The summed E-state index contributed by atoms with van der Waals surface area (Å²) in [6, 6.07) is 8.30. The predicted octanol–water partition coefficient (Wildman–Crippen LogP) is 2.92. The van der Waals surface area contributed by atoms with Crippen LogP contribution in [0.15, 0.2) is 45.7 Å². The smallest absolute Gasteiger partial charge is 0.335 e. The summed E-state index contributed by atoms with van der Waals surface area (Å²) >= 11 is 3.22. The Morgan fingerprint density at radius 1 is 1.24 bits per heavy atom. The molecule has 0 fully saturated rings. The van der Waals surface area contributed by atoms with E-state index in [1.807, 2.05) is 0 Å². The second-order valence-corrected chi connectivity index (χ2v) is 5.25. The third-order valence-corrected chi connectivity index (χ3v) is 3.71. The van der Waals surface area contributed by atoms with Gasteiger partial charge in [0, 0.05) is 4.47 Å². The van der Waals surface area contributed by atoms with E-state index in [0.717, 1.165) is 0 Å². The molecule has 106 valence electrons. The van der Waals surface area contributed by atoms with Crippen molar-refractivity contribution in [2.75, 3.05) is 0 Å². The van der Waals surface area contributed by atoms with Gasteiger partial charge in [-0.15, -0.1) is 0 Å². The van der Waals surface area contributed by atoms with Crippen LogP contribution in [0.2, 0.25) is 0 Å². The second kappa shape index (κ2) is 4.85. The monoisotopic (exact) mass is 350 g/mol. The minimum atomic E-state index is -1.08. The maximum atomic E-state index is 13.2. The molecule has 0 saturated carbocycles. The number of carboxylic acids is 1. The fourth-order valence-electron chi connectivity index (χ4n) is 2.15. The molecule has 5 nitrogen and oxygen atoms in total. The number of H-pyrrole nitrogens is 1. The molecule has 3 rings (SSSR count). The van der Waals surface area contributed by atoms with Crippen molar-refractivity contribution < 1.29 is 14.3 Å². The van der Waals surface area contributed by atoms with Gasteiger partial charge in [-0.05, 0) is 52.3 Å². The summed E-state index contributed by atoms with van der Waals surface area (Å²) < 4.78 is 14.9. The first-order valence-electron chi connectivity index (χ1n) is 5.91. The van der Waals surface area contributed by atoms with E-state index in [2.05, 4.69) is 20.9 Å². The summed E-state index contributed by atoms with van der Waals surface area (Å²) in [5, 5.41) is 8.96. The number of nitrogens with zero attached hydrogens (tertiary/aromatic N) is 1. The molecular formula is C14H8BrFN2O3. The highest BCUT2D eigenvalue weighted by Gasteiger charge is 2.13. The van der Waals surface area contributed by atoms with Crippen molar-refractivity contribution >= 4 is 32.9 Å². The van der Waals surface area contributed by atoms with Gasteiger partial charge in [-0.3, -0.25) is 4.57 Å². The Morgan fingerprint density at radius 3 is 2.67 bits per heavy atom. The Hall–Kier alpha value is -2.41. The fourth-order valence-corrected chi connectivity index (χ4v) is 2.67. The van der Waals surface area contributed by atoms with Gasteiger partial charge in [0.05, 0.1) is 22.3 Å². The van der Waals surface area contributed by atoms with E-state index in [9.17, 15) is 14.0 Å². The molecule has 0 aliphatic heterocycles. The second-order valence-electron chi connectivity index (χ2n) is 4.40. The molecule has 3 aromatic rings. The van der Waals surface area contributed by atoms with Gasteiger partial charge >= 0.3 is 11.7 Å². The normalized spacial score (nSPS) is 11.0. The molecule has 0 atom stereocenters. The van der Waals surface area contributed by atoms with E-state index in [1.54, 1.807) is 0 Å². The van der Waals surface area contributed by atoms with Crippen molar-refractivity contribution in [2.24, 2.45) is 0 Å². The molecule has 1 heterocycles. The number of nitrogens with one attached hydrogen (secondary N) is 1. The Kier molecular flexibility index (Phi) is 3.13. The van der Waals surface area contributed by atoms with Crippen molar-refractivity contribution in [3.63, 3.8) is 0 Å². The first kappa shape index (κ1) is 13.6. The summed E-state index contributed by atoms with van der Waals surface area (Å²) in [4.78, 5) is 25.6. The summed E-state index contributed by atoms with van der Waals surface area (Å²) in [5.41, 5.74) is 1.03. The Bertz CT molecular complexity index is 930. The number of rotatable bonds is 2. The summed E-state index contributed by atoms with van der Waals surface area (Å²) in [7, 11) is 0. The van der Waals surface area contributed by atoms with Crippen molar-refractivity contribution in [1.29, 1.82) is 0 Å². The number of carboxylic acid groups (broad SMARTS) is 1. The molecule has 0 saturated heterocycles. The highest BCUT2D eigenvalue weighted by atomic mass is 79.9. The lowest BCUT2D eigenvalue weighted by molar-refractivity contribution is 0.0697. The molecule has 0 radical (unpaired) electrons. The number of hydrogen-bond acceptors (Lipinski definition) is 2. The van der Waals surface area contributed by atoms with Gasteiger partial charge in [-0.25, -0.2) is 14.0 Å². The standard InChI is InChI=1S/C14H8BrFN2O3/c15-9-6-8(16)2-4-11(9)18-12-3-1-7(13(19)20)5-10(12)17-14(18)21/h1-6H,(H,17,21)(H,19,20). The van der Waals surface area contributed by atoms with Crippen LogP contribution in [0.5, 0.6) is 0 Å². The van der Waals surface area contributed by atoms with Crippen LogP contribution < -0.4 is 5.69 Å². The SMILES string of the molecule is O=C(O)c1ccc2c(c1)[nH]c(=O)n2-c1ccc(F)cc1Br. The number of aromatic carboxylic acids is 1. The highest BCUT2D eigenvalue weighted by Crippen LogP contribution is 2.24. The van der Waals surface area contributed by atoms with Crippen molar-refractivity contribution in [2.45, 2.75) is 0 Å².